The van der Waals surface area contributed by atoms with Gasteiger partial charge in [0.25, 0.3) is 0 Å². The fourth-order valence-corrected chi connectivity index (χ4v) is 3.34. The van der Waals surface area contributed by atoms with Gasteiger partial charge < -0.3 is 14.8 Å². The van der Waals surface area contributed by atoms with E-state index in [0.29, 0.717) is 5.95 Å². The third kappa shape index (κ3) is 2.09. The summed E-state index contributed by atoms with van der Waals surface area (Å²) >= 11 is 0. The normalized spacial score (nSPS) is 21.2. The summed E-state index contributed by atoms with van der Waals surface area (Å²) in [6, 6.07) is 16.5. The summed E-state index contributed by atoms with van der Waals surface area (Å²) in [7, 11) is 0. The molecule has 2 aromatic carbocycles. The molecule has 1 aromatic heterocycles. The Kier molecular flexibility index (Phi) is 2.91. The van der Waals surface area contributed by atoms with Crippen LogP contribution in [0.1, 0.15) is 29.6 Å². The minimum Gasteiger partial charge on any atom is -0.454 e. The molecule has 0 saturated carbocycles. The number of rotatable bonds is 2. The van der Waals surface area contributed by atoms with Crippen LogP contribution in [0.25, 0.3) is 0 Å². The van der Waals surface area contributed by atoms with Crippen molar-refractivity contribution >= 4 is 5.95 Å². The molecule has 2 aliphatic heterocycles. The second-order valence-corrected chi connectivity index (χ2v) is 5.92. The largest absolute Gasteiger partial charge is 0.454 e. The van der Waals surface area contributed by atoms with Crippen LogP contribution in [0.4, 0.5) is 5.95 Å². The Morgan fingerprint density at radius 1 is 1.00 bits per heavy atom. The Balaban J connectivity index is 1.53. The third-order valence-electron chi connectivity index (χ3n) is 4.53. The highest BCUT2D eigenvalue weighted by Gasteiger charge is 2.31. The zero-order valence-electron chi connectivity index (χ0n) is 12.8. The van der Waals surface area contributed by atoms with Crippen molar-refractivity contribution < 1.29 is 9.47 Å². The molecule has 0 amide bonds. The average Bonchev–Trinajstić information content (AvgIpc) is 3.29. The zero-order chi connectivity index (χ0) is 15.9. The van der Waals surface area contributed by atoms with Crippen LogP contribution in [-0.2, 0) is 0 Å². The van der Waals surface area contributed by atoms with Gasteiger partial charge in [0.05, 0.1) is 12.1 Å². The first kappa shape index (κ1) is 13.4. The maximum Gasteiger partial charge on any atom is 0.243 e. The van der Waals surface area contributed by atoms with Crippen LogP contribution in [0.15, 0.2) is 48.5 Å². The van der Waals surface area contributed by atoms with E-state index < -0.39 is 0 Å². The van der Waals surface area contributed by atoms with Gasteiger partial charge in [-0.2, -0.15) is 0 Å². The zero-order valence-corrected chi connectivity index (χ0v) is 12.8. The highest BCUT2D eigenvalue weighted by Crippen LogP contribution is 2.40. The lowest BCUT2D eigenvalue weighted by atomic mass is 9.93. The Hall–Kier alpha value is -3.09. The van der Waals surface area contributed by atoms with Crippen LogP contribution in [0.5, 0.6) is 11.5 Å². The van der Waals surface area contributed by atoms with Gasteiger partial charge in [0.1, 0.15) is 0 Å². The first-order valence-corrected chi connectivity index (χ1v) is 7.87. The van der Waals surface area contributed by atoms with Gasteiger partial charge in [0.15, 0.2) is 11.5 Å². The summed E-state index contributed by atoms with van der Waals surface area (Å²) in [6.45, 7) is 0.280. The Labute approximate surface area is 138 Å². The lowest BCUT2D eigenvalue weighted by Gasteiger charge is -2.31. The Morgan fingerprint density at radius 2 is 1.88 bits per heavy atom. The van der Waals surface area contributed by atoms with Gasteiger partial charge >= 0.3 is 0 Å². The van der Waals surface area contributed by atoms with Crippen LogP contribution < -0.4 is 14.8 Å². The van der Waals surface area contributed by atoms with Gasteiger partial charge in [-0.15, -0.1) is 0 Å². The van der Waals surface area contributed by atoms with Crippen molar-refractivity contribution in [3.05, 3.63) is 59.7 Å². The number of aromatic nitrogens is 4. The topological polar surface area (TPSA) is 74.1 Å². The van der Waals surface area contributed by atoms with Gasteiger partial charge in [-0.25, -0.2) is 4.68 Å². The number of hydrogen-bond acceptors (Lipinski definition) is 6. The van der Waals surface area contributed by atoms with Crippen molar-refractivity contribution in [2.45, 2.75) is 18.5 Å². The summed E-state index contributed by atoms with van der Waals surface area (Å²) in [5.41, 5.74) is 2.33. The molecule has 3 heterocycles. The summed E-state index contributed by atoms with van der Waals surface area (Å²) in [5.74, 6) is 2.26. The molecule has 120 valence electrons. The van der Waals surface area contributed by atoms with Gasteiger partial charge in [0.2, 0.25) is 12.7 Å². The lowest BCUT2D eigenvalue weighted by Crippen LogP contribution is -2.28. The van der Waals surface area contributed by atoms with Crippen LogP contribution in [0, 0.1) is 0 Å². The molecule has 2 atom stereocenters. The first-order chi connectivity index (χ1) is 11.9. The van der Waals surface area contributed by atoms with Crippen molar-refractivity contribution in [3.63, 3.8) is 0 Å². The molecule has 3 aromatic rings. The molecule has 2 unspecified atom stereocenters. The van der Waals surface area contributed by atoms with E-state index in [9.17, 15) is 0 Å². The standard InChI is InChI=1S/C17H15N5O2/c1-2-4-11(5-3-1)14-9-13(18-17-19-20-21-22(14)17)12-6-7-15-16(8-12)24-10-23-15/h1-8,13-14H,9-10H2,(H,18,19,21). The summed E-state index contributed by atoms with van der Waals surface area (Å²) in [4.78, 5) is 0. The predicted octanol–water partition coefficient (Wildman–Crippen LogP) is 2.55. The van der Waals surface area contributed by atoms with Gasteiger partial charge in [-0.05, 0) is 40.1 Å². The molecular weight excluding hydrogens is 306 g/mol. The maximum atomic E-state index is 5.50. The van der Waals surface area contributed by atoms with Crippen LogP contribution in [-0.4, -0.2) is 27.0 Å². The van der Waals surface area contributed by atoms with E-state index >= 15 is 0 Å². The fourth-order valence-electron chi connectivity index (χ4n) is 3.34. The molecule has 24 heavy (non-hydrogen) atoms. The maximum absolute atomic E-state index is 5.50. The number of nitrogens with zero attached hydrogens (tertiary/aromatic N) is 4. The first-order valence-electron chi connectivity index (χ1n) is 7.87. The molecule has 0 bridgehead atoms. The predicted molar refractivity (Wildman–Crippen MR) is 85.9 cm³/mol. The van der Waals surface area contributed by atoms with Crippen molar-refractivity contribution in [1.29, 1.82) is 0 Å². The van der Waals surface area contributed by atoms with Crippen molar-refractivity contribution in [1.82, 2.24) is 20.2 Å². The van der Waals surface area contributed by atoms with Crippen LogP contribution in [0.3, 0.4) is 0 Å². The minimum absolute atomic E-state index is 0.0906. The SMILES string of the molecule is c1ccc(C2CC(c3ccc4c(c3)OCO4)Nc3nnnn32)cc1. The van der Waals surface area contributed by atoms with E-state index in [1.807, 2.05) is 35.0 Å². The Morgan fingerprint density at radius 3 is 2.79 bits per heavy atom. The molecule has 0 aliphatic carbocycles. The quantitative estimate of drug-likeness (QED) is 0.782. The molecule has 0 radical (unpaired) electrons. The number of fused-ring (bicyclic) bond motifs is 2. The van der Waals surface area contributed by atoms with E-state index in [2.05, 4.69) is 39.0 Å². The number of hydrogen-bond donors (Lipinski definition) is 1. The monoisotopic (exact) mass is 321 g/mol. The number of tetrazole rings is 1. The molecule has 5 rings (SSSR count). The highest BCUT2D eigenvalue weighted by atomic mass is 16.7. The molecule has 0 spiro atoms. The number of nitrogens with one attached hydrogen (secondary N) is 1. The van der Waals surface area contributed by atoms with Crippen LogP contribution >= 0.6 is 0 Å². The molecular formula is C17H15N5O2. The van der Waals surface area contributed by atoms with E-state index in [1.54, 1.807) is 0 Å². The highest BCUT2D eigenvalue weighted by molar-refractivity contribution is 5.47. The second-order valence-electron chi connectivity index (χ2n) is 5.92. The molecule has 7 heteroatoms. The lowest BCUT2D eigenvalue weighted by molar-refractivity contribution is 0.174. The molecule has 1 N–H and O–H groups in total. The average molecular weight is 321 g/mol. The smallest absolute Gasteiger partial charge is 0.243 e. The van der Waals surface area contributed by atoms with Gasteiger partial charge in [0, 0.05) is 0 Å². The third-order valence-corrected chi connectivity index (χ3v) is 4.53. The number of benzene rings is 2. The van der Waals surface area contributed by atoms with Crippen molar-refractivity contribution in [3.8, 4) is 11.5 Å². The summed E-state index contributed by atoms with van der Waals surface area (Å²) < 4.78 is 12.7. The molecule has 0 saturated heterocycles. The second kappa shape index (κ2) is 5.23. The van der Waals surface area contributed by atoms with Gasteiger partial charge in [-0.3, -0.25) is 0 Å². The number of anilines is 1. The molecule has 7 nitrogen and oxygen atoms in total. The van der Waals surface area contributed by atoms with E-state index in [-0.39, 0.29) is 18.9 Å². The van der Waals surface area contributed by atoms with E-state index in [1.165, 1.54) is 5.56 Å². The van der Waals surface area contributed by atoms with Gasteiger partial charge in [-0.1, -0.05) is 41.5 Å². The Bertz CT molecular complexity index is 880. The minimum atomic E-state index is 0.0906. The van der Waals surface area contributed by atoms with Crippen molar-refractivity contribution in [2.75, 3.05) is 12.1 Å². The van der Waals surface area contributed by atoms with Crippen LogP contribution in [0.2, 0.25) is 0 Å². The summed E-state index contributed by atoms with van der Waals surface area (Å²) in [5, 5.41) is 15.5. The van der Waals surface area contributed by atoms with E-state index in [4.69, 9.17) is 9.47 Å². The van der Waals surface area contributed by atoms with Crippen molar-refractivity contribution in [2.24, 2.45) is 0 Å². The molecule has 2 aliphatic rings. The van der Waals surface area contributed by atoms with E-state index in [0.717, 1.165) is 23.5 Å². The summed E-state index contributed by atoms with van der Waals surface area (Å²) in [6.07, 6.45) is 0.849. The number of ether oxygens (including phenoxy) is 2. The molecule has 0 fully saturated rings. The fraction of sp³-hybridized carbons (Fsp3) is 0.235.